The summed E-state index contributed by atoms with van der Waals surface area (Å²) in [5.74, 6) is -0.400. The molecule has 0 aromatic rings. The largest absolute Gasteiger partial charge is 0.458 e. The van der Waals surface area contributed by atoms with Crippen molar-refractivity contribution in [1.82, 2.24) is 0 Å². The van der Waals surface area contributed by atoms with E-state index in [1.165, 1.54) is 6.42 Å². The van der Waals surface area contributed by atoms with Crippen molar-refractivity contribution in [3.63, 3.8) is 0 Å². The van der Waals surface area contributed by atoms with E-state index in [1.807, 2.05) is 13.0 Å². The van der Waals surface area contributed by atoms with E-state index in [2.05, 4.69) is 20.4 Å². The van der Waals surface area contributed by atoms with Gasteiger partial charge in [-0.15, -0.1) is 0 Å². The SMILES string of the molecule is C=C1CC[C@@H]2[C@](C)(CO)[C@H](O)CC[C@@]2(C)[C@@H]1C/C=C1/C(=O)OC[C@H]1OC(=O)CCCCCCC. The number of aliphatic hydroxyl groups is 2. The zero-order valence-electron chi connectivity index (χ0n) is 21.3. The van der Waals surface area contributed by atoms with Gasteiger partial charge in [-0.3, -0.25) is 4.79 Å². The van der Waals surface area contributed by atoms with Crippen molar-refractivity contribution in [2.45, 2.75) is 104 Å². The lowest BCUT2D eigenvalue weighted by atomic mass is 9.46. The van der Waals surface area contributed by atoms with Crippen molar-refractivity contribution >= 4 is 11.9 Å². The zero-order chi connectivity index (χ0) is 24.9. The van der Waals surface area contributed by atoms with Crippen LogP contribution in [-0.2, 0) is 19.1 Å². The van der Waals surface area contributed by atoms with Crippen molar-refractivity contribution in [2.75, 3.05) is 13.2 Å². The standard InChI is InChI=1S/C28H44O6/c1-5-6-7-8-9-10-25(31)34-22-17-33-26(32)20(22)12-13-21-19(2)11-14-23-27(21,3)16-15-24(30)28(23,4)18-29/h12,21-24,29-30H,2,5-11,13-18H2,1,3-4H3/b20-12+/t21-,22-,23+,24-,27+,28+/m1/s1. The number of hydrogen-bond acceptors (Lipinski definition) is 6. The number of carbonyl (C=O) groups excluding carboxylic acids is 2. The van der Waals surface area contributed by atoms with Crippen LogP contribution in [0.2, 0.25) is 0 Å². The Labute approximate surface area is 204 Å². The summed E-state index contributed by atoms with van der Waals surface area (Å²) in [5.41, 5.74) is 0.912. The first-order valence-electron chi connectivity index (χ1n) is 13.2. The van der Waals surface area contributed by atoms with Crippen LogP contribution in [-0.4, -0.2) is 47.6 Å². The molecule has 0 amide bonds. The van der Waals surface area contributed by atoms with Crippen molar-refractivity contribution in [2.24, 2.45) is 22.7 Å². The summed E-state index contributed by atoms with van der Waals surface area (Å²) < 4.78 is 10.8. The number of allylic oxidation sites excluding steroid dienone is 2. The Morgan fingerprint density at radius 3 is 2.68 bits per heavy atom. The van der Waals surface area contributed by atoms with Gasteiger partial charge < -0.3 is 19.7 Å². The Bertz CT molecular complexity index is 788. The van der Waals surface area contributed by atoms with Crippen molar-refractivity contribution in [3.8, 4) is 0 Å². The third kappa shape index (κ3) is 5.43. The molecule has 6 atom stereocenters. The Morgan fingerprint density at radius 2 is 1.97 bits per heavy atom. The molecule has 3 aliphatic rings. The van der Waals surface area contributed by atoms with Crippen LogP contribution in [0.15, 0.2) is 23.8 Å². The van der Waals surface area contributed by atoms with Crippen LogP contribution in [0.4, 0.5) is 0 Å². The molecule has 1 aliphatic heterocycles. The molecule has 2 saturated carbocycles. The fourth-order valence-electron chi connectivity index (χ4n) is 6.74. The van der Waals surface area contributed by atoms with Gasteiger partial charge in [0.15, 0.2) is 6.10 Å². The highest BCUT2D eigenvalue weighted by atomic mass is 16.6. The van der Waals surface area contributed by atoms with Gasteiger partial charge in [0.1, 0.15) is 6.61 Å². The predicted molar refractivity (Wildman–Crippen MR) is 131 cm³/mol. The number of fused-ring (bicyclic) bond motifs is 1. The molecule has 2 aliphatic carbocycles. The van der Waals surface area contributed by atoms with Crippen LogP contribution in [0.5, 0.6) is 0 Å². The normalized spacial score (nSPS) is 36.9. The Balaban J connectivity index is 1.68. The molecule has 0 aromatic carbocycles. The third-order valence-corrected chi connectivity index (χ3v) is 8.97. The third-order valence-electron chi connectivity index (χ3n) is 8.97. The molecule has 34 heavy (non-hydrogen) atoms. The maximum atomic E-state index is 12.4. The van der Waals surface area contributed by atoms with Crippen molar-refractivity contribution < 1.29 is 29.3 Å². The van der Waals surface area contributed by atoms with Crippen LogP contribution in [0.25, 0.3) is 0 Å². The lowest BCUT2D eigenvalue weighted by molar-refractivity contribution is -0.151. The zero-order valence-corrected chi connectivity index (χ0v) is 21.3. The van der Waals surface area contributed by atoms with Gasteiger partial charge in [0.05, 0.1) is 18.3 Å². The number of esters is 2. The number of ether oxygens (including phenoxy) is 2. The van der Waals surface area contributed by atoms with Crippen LogP contribution in [0, 0.1) is 22.7 Å². The number of unbranched alkanes of at least 4 members (excludes halogenated alkanes) is 4. The smallest absolute Gasteiger partial charge is 0.337 e. The summed E-state index contributed by atoms with van der Waals surface area (Å²) in [6.45, 7) is 10.8. The van der Waals surface area contributed by atoms with Gasteiger partial charge in [0.25, 0.3) is 0 Å². The van der Waals surface area contributed by atoms with Crippen molar-refractivity contribution in [1.29, 1.82) is 0 Å². The van der Waals surface area contributed by atoms with Gasteiger partial charge in [0.2, 0.25) is 0 Å². The van der Waals surface area contributed by atoms with Crippen LogP contribution >= 0.6 is 0 Å². The Kier molecular flexibility index (Phi) is 9.02. The lowest BCUT2D eigenvalue weighted by Gasteiger charge is -2.59. The monoisotopic (exact) mass is 476 g/mol. The van der Waals surface area contributed by atoms with E-state index in [1.54, 1.807) is 0 Å². The van der Waals surface area contributed by atoms with Gasteiger partial charge >= 0.3 is 11.9 Å². The summed E-state index contributed by atoms with van der Waals surface area (Å²) in [7, 11) is 0. The van der Waals surface area contributed by atoms with Gasteiger partial charge in [0, 0.05) is 11.8 Å². The minimum atomic E-state index is -0.646. The second-order valence-electron chi connectivity index (χ2n) is 11.2. The molecule has 3 rings (SSSR count). The molecule has 6 nitrogen and oxygen atoms in total. The minimum Gasteiger partial charge on any atom is -0.458 e. The topological polar surface area (TPSA) is 93.1 Å². The van der Waals surface area contributed by atoms with E-state index < -0.39 is 23.6 Å². The average Bonchev–Trinajstić information content (AvgIpc) is 3.15. The summed E-state index contributed by atoms with van der Waals surface area (Å²) in [6, 6.07) is 0. The van der Waals surface area contributed by atoms with E-state index in [9.17, 15) is 19.8 Å². The van der Waals surface area contributed by atoms with Gasteiger partial charge in [-0.1, -0.05) is 64.7 Å². The van der Waals surface area contributed by atoms with Crippen LogP contribution < -0.4 is 0 Å². The highest BCUT2D eigenvalue weighted by Gasteiger charge is 2.57. The summed E-state index contributed by atoms with van der Waals surface area (Å²) in [6.07, 6.45) is 10.2. The molecule has 0 aromatic heterocycles. The molecule has 6 heteroatoms. The van der Waals surface area contributed by atoms with Gasteiger partial charge in [-0.05, 0) is 55.8 Å². The molecule has 2 N–H and O–H groups in total. The fourth-order valence-corrected chi connectivity index (χ4v) is 6.74. The average molecular weight is 477 g/mol. The summed E-state index contributed by atoms with van der Waals surface area (Å²) in [5, 5.41) is 20.9. The minimum absolute atomic E-state index is 0.0441. The number of cyclic esters (lactones) is 1. The van der Waals surface area contributed by atoms with E-state index in [0.29, 0.717) is 24.8 Å². The molecular formula is C28H44O6. The lowest BCUT2D eigenvalue weighted by Crippen LogP contribution is -2.57. The number of carbonyl (C=O) groups is 2. The van der Waals surface area contributed by atoms with Crippen LogP contribution in [0.1, 0.15) is 91.4 Å². The molecule has 3 fully saturated rings. The fraction of sp³-hybridized carbons (Fsp3) is 0.786. The van der Waals surface area contributed by atoms with E-state index in [0.717, 1.165) is 50.5 Å². The molecular weight excluding hydrogens is 432 g/mol. The predicted octanol–water partition coefficient (Wildman–Crippen LogP) is 4.87. The highest BCUT2D eigenvalue weighted by molar-refractivity contribution is 5.92. The molecule has 0 unspecified atom stereocenters. The van der Waals surface area contributed by atoms with E-state index in [4.69, 9.17) is 9.47 Å². The molecule has 0 bridgehead atoms. The maximum absolute atomic E-state index is 12.4. The summed E-state index contributed by atoms with van der Waals surface area (Å²) >= 11 is 0. The van der Waals surface area contributed by atoms with Gasteiger partial charge in [-0.25, -0.2) is 4.79 Å². The quantitative estimate of drug-likeness (QED) is 0.202. The second-order valence-corrected chi connectivity index (χ2v) is 11.2. The molecule has 192 valence electrons. The summed E-state index contributed by atoms with van der Waals surface area (Å²) in [4.78, 5) is 24.8. The van der Waals surface area contributed by atoms with E-state index in [-0.39, 0.29) is 36.4 Å². The number of rotatable bonds is 10. The van der Waals surface area contributed by atoms with Crippen LogP contribution in [0.3, 0.4) is 0 Å². The number of hydrogen-bond donors (Lipinski definition) is 2. The molecule has 1 heterocycles. The van der Waals surface area contributed by atoms with Gasteiger partial charge in [-0.2, -0.15) is 0 Å². The first-order valence-corrected chi connectivity index (χ1v) is 13.2. The van der Waals surface area contributed by atoms with Crippen molar-refractivity contribution in [3.05, 3.63) is 23.8 Å². The van der Waals surface area contributed by atoms with E-state index >= 15 is 0 Å². The second kappa shape index (κ2) is 11.4. The highest BCUT2D eigenvalue weighted by Crippen LogP contribution is 2.61. The first-order chi connectivity index (χ1) is 16.2. The maximum Gasteiger partial charge on any atom is 0.337 e. The molecule has 0 spiro atoms. The molecule has 1 saturated heterocycles. The number of aliphatic hydroxyl groups excluding tert-OH is 2. The Morgan fingerprint density at radius 1 is 1.24 bits per heavy atom. The Hall–Kier alpha value is -1.66. The first kappa shape index (κ1) is 26.9. The molecule has 0 radical (unpaired) electrons.